The standard InChI is InChI=1S/C17H22N2O4/c1-6-17(5,19(15(22)23)16(2,3)4)18-13(20)11-9-7-8-10-12(11)14(18)21/h7-10H,6H2,1-5H3,(H,22,23). The Hall–Kier alpha value is -2.37. The molecule has 1 aliphatic rings. The van der Waals surface area contributed by atoms with Crippen molar-refractivity contribution in [2.75, 3.05) is 0 Å². The van der Waals surface area contributed by atoms with E-state index >= 15 is 0 Å². The SMILES string of the molecule is CCC(C)(N1C(=O)c2ccccc2C1=O)N(C(=O)O)C(C)(C)C. The molecule has 0 saturated carbocycles. The summed E-state index contributed by atoms with van der Waals surface area (Å²) in [5.41, 5.74) is -1.41. The van der Waals surface area contributed by atoms with Crippen LogP contribution >= 0.6 is 0 Å². The van der Waals surface area contributed by atoms with Crippen molar-refractivity contribution in [2.45, 2.75) is 52.2 Å². The van der Waals surface area contributed by atoms with E-state index in [0.29, 0.717) is 17.5 Å². The lowest BCUT2D eigenvalue weighted by Gasteiger charge is -2.50. The molecule has 0 aliphatic carbocycles. The predicted molar refractivity (Wildman–Crippen MR) is 85.3 cm³/mol. The van der Waals surface area contributed by atoms with Crippen molar-refractivity contribution in [3.05, 3.63) is 35.4 Å². The third-order valence-corrected chi connectivity index (χ3v) is 4.29. The number of hydrogen-bond donors (Lipinski definition) is 1. The van der Waals surface area contributed by atoms with Crippen molar-refractivity contribution in [2.24, 2.45) is 0 Å². The number of hydrogen-bond acceptors (Lipinski definition) is 3. The Morgan fingerprint density at radius 1 is 1.09 bits per heavy atom. The zero-order valence-electron chi connectivity index (χ0n) is 14.1. The number of fused-ring (bicyclic) bond motifs is 1. The molecular formula is C17H22N2O4. The highest BCUT2D eigenvalue weighted by molar-refractivity contribution is 6.21. The second-order valence-electron chi connectivity index (χ2n) is 6.85. The molecule has 0 radical (unpaired) electrons. The van der Waals surface area contributed by atoms with Crippen LogP contribution in [-0.2, 0) is 0 Å². The maximum Gasteiger partial charge on any atom is 0.409 e. The number of nitrogens with zero attached hydrogens (tertiary/aromatic N) is 2. The van der Waals surface area contributed by atoms with Crippen LogP contribution < -0.4 is 0 Å². The van der Waals surface area contributed by atoms with Crippen molar-refractivity contribution in [1.82, 2.24) is 9.80 Å². The fourth-order valence-corrected chi connectivity index (χ4v) is 3.26. The summed E-state index contributed by atoms with van der Waals surface area (Å²) >= 11 is 0. The van der Waals surface area contributed by atoms with E-state index < -0.39 is 29.1 Å². The van der Waals surface area contributed by atoms with E-state index in [1.54, 1.807) is 58.9 Å². The predicted octanol–water partition coefficient (Wildman–Crippen LogP) is 3.19. The average molecular weight is 318 g/mol. The highest BCUT2D eigenvalue weighted by Gasteiger charge is 2.52. The zero-order valence-corrected chi connectivity index (χ0v) is 14.1. The van der Waals surface area contributed by atoms with Crippen LogP contribution in [0.15, 0.2) is 24.3 Å². The van der Waals surface area contributed by atoms with E-state index in [4.69, 9.17) is 0 Å². The van der Waals surface area contributed by atoms with Gasteiger partial charge in [0, 0.05) is 5.54 Å². The van der Waals surface area contributed by atoms with Gasteiger partial charge in [-0.3, -0.25) is 19.4 Å². The van der Waals surface area contributed by atoms with E-state index in [0.717, 1.165) is 4.90 Å². The third kappa shape index (κ3) is 2.48. The Balaban J connectivity index is 2.60. The van der Waals surface area contributed by atoms with E-state index in [9.17, 15) is 19.5 Å². The topological polar surface area (TPSA) is 77.9 Å². The molecule has 3 amide bonds. The Morgan fingerprint density at radius 3 is 1.83 bits per heavy atom. The van der Waals surface area contributed by atoms with Gasteiger partial charge in [-0.2, -0.15) is 0 Å². The molecule has 1 aliphatic heterocycles. The van der Waals surface area contributed by atoms with Crippen LogP contribution in [-0.4, -0.2) is 44.0 Å². The lowest BCUT2D eigenvalue weighted by molar-refractivity contribution is -0.0469. The molecule has 0 spiro atoms. The van der Waals surface area contributed by atoms with E-state index in [2.05, 4.69) is 0 Å². The molecule has 1 aromatic rings. The normalized spacial score (nSPS) is 17.0. The number of benzene rings is 1. The molecule has 0 bridgehead atoms. The summed E-state index contributed by atoms with van der Waals surface area (Å²) < 4.78 is 0. The summed E-state index contributed by atoms with van der Waals surface area (Å²) in [5, 5.41) is 9.70. The Bertz CT molecular complexity index is 642. The number of carbonyl (C=O) groups excluding carboxylic acids is 2. The maximum atomic E-state index is 12.8. The second-order valence-corrected chi connectivity index (χ2v) is 6.85. The maximum absolute atomic E-state index is 12.8. The van der Waals surface area contributed by atoms with Gasteiger partial charge in [0.05, 0.1) is 11.1 Å². The van der Waals surface area contributed by atoms with Gasteiger partial charge < -0.3 is 5.11 Å². The molecule has 2 rings (SSSR count). The molecule has 0 saturated heterocycles. The summed E-state index contributed by atoms with van der Waals surface area (Å²) in [5.74, 6) is -0.907. The lowest BCUT2D eigenvalue weighted by Crippen LogP contribution is -2.66. The molecule has 0 aromatic heterocycles. The van der Waals surface area contributed by atoms with Gasteiger partial charge >= 0.3 is 6.09 Å². The van der Waals surface area contributed by atoms with E-state index in [-0.39, 0.29) is 0 Å². The van der Waals surface area contributed by atoms with Crippen LogP contribution in [0.3, 0.4) is 0 Å². The molecule has 1 atom stereocenters. The molecule has 6 heteroatoms. The van der Waals surface area contributed by atoms with Gasteiger partial charge in [-0.15, -0.1) is 0 Å². The third-order valence-electron chi connectivity index (χ3n) is 4.29. The van der Waals surface area contributed by atoms with Crippen LogP contribution in [0.2, 0.25) is 0 Å². The van der Waals surface area contributed by atoms with E-state index in [1.165, 1.54) is 4.90 Å². The molecule has 124 valence electrons. The summed E-state index contributed by atoms with van der Waals surface area (Å²) in [7, 11) is 0. The minimum Gasteiger partial charge on any atom is -0.465 e. The van der Waals surface area contributed by atoms with Gasteiger partial charge in [-0.25, -0.2) is 4.79 Å². The zero-order chi connectivity index (χ0) is 17.6. The first-order chi connectivity index (χ1) is 10.6. The van der Waals surface area contributed by atoms with Crippen LogP contribution in [0.5, 0.6) is 0 Å². The molecule has 23 heavy (non-hydrogen) atoms. The molecule has 1 aromatic carbocycles. The van der Waals surface area contributed by atoms with Gasteiger partial charge in [-0.05, 0) is 46.2 Å². The lowest BCUT2D eigenvalue weighted by atomic mass is 9.96. The fourth-order valence-electron chi connectivity index (χ4n) is 3.26. The van der Waals surface area contributed by atoms with Gasteiger partial charge in [0.2, 0.25) is 0 Å². The monoisotopic (exact) mass is 318 g/mol. The fraction of sp³-hybridized carbons (Fsp3) is 0.471. The summed E-state index contributed by atoms with van der Waals surface area (Å²) in [6, 6.07) is 6.56. The number of amides is 3. The molecule has 1 N–H and O–H groups in total. The van der Waals surface area contributed by atoms with Crippen molar-refractivity contribution in [3.8, 4) is 0 Å². The van der Waals surface area contributed by atoms with Crippen molar-refractivity contribution in [3.63, 3.8) is 0 Å². The minimum absolute atomic E-state index is 0.294. The van der Waals surface area contributed by atoms with Crippen molar-refractivity contribution < 1.29 is 19.5 Å². The van der Waals surface area contributed by atoms with Gasteiger partial charge in [0.25, 0.3) is 11.8 Å². The van der Waals surface area contributed by atoms with Gasteiger partial charge in [-0.1, -0.05) is 19.1 Å². The molecular weight excluding hydrogens is 296 g/mol. The number of imide groups is 1. The number of carboxylic acid groups (broad SMARTS) is 1. The second kappa shape index (κ2) is 5.37. The first-order valence-electron chi connectivity index (χ1n) is 7.57. The summed E-state index contributed by atoms with van der Waals surface area (Å²) in [6.07, 6.45) is -0.874. The van der Waals surface area contributed by atoms with E-state index in [1.807, 2.05) is 0 Å². The largest absolute Gasteiger partial charge is 0.465 e. The first kappa shape index (κ1) is 17.0. The smallest absolute Gasteiger partial charge is 0.409 e. The highest BCUT2D eigenvalue weighted by atomic mass is 16.4. The minimum atomic E-state index is -1.27. The van der Waals surface area contributed by atoms with Crippen LogP contribution in [0.4, 0.5) is 4.79 Å². The molecule has 0 fully saturated rings. The van der Waals surface area contributed by atoms with Crippen LogP contribution in [0, 0.1) is 0 Å². The van der Waals surface area contributed by atoms with Crippen LogP contribution in [0.25, 0.3) is 0 Å². The Labute approximate surface area is 135 Å². The quantitative estimate of drug-likeness (QED) is 0.868. The molecule has 1 unspecified atom stereocenters. The van der Waals surface area contributed by atoms with Crippen molar-refractivity contribution in [1.29, 1.82) is 0 Å². The molecule has 1 heterocycles. The van der Waals surface area contributed by atoms with Crippen LogP contribution in [0.1, 0.15) is 61.8 Å². The number of carbonyl (C=O) groups is 3. The average Bonchev–Trinajstić information content (AvgIpc) is 2.69. The summed E-state index contributed by atoms with van der Waals surface area (Å²) in [6.45, 7) is 8.62. The first-order valence-corrected chi connectivity index (χ1v) is 7.57. The Morgan fingerprint density at radius 2 is 1.52 bits per heavy atom. The highest BCUT2D eigenvalue weighted by Crippen LogP contribution is 2.37. The summed E-state index contributed by atoms with van der Waals surface area (Å²) in [4.78, 5) is 39.6. The Kier molecular flexibility index (Phi) is 3.96. The van der Waals surface area contributed by atoms with Gasteiger partial charge in [0.1, 0.15) is 5.66 Å². The van der Waals surface area contributed by atoms with Gasteiger partial charge in [0.15, 0.2) is 0 Å². The molecule has 6 nitrogen and oxygen atoms in total. The number of rotatable bonds is 3. The van der Waals surface area contributed by atoms with Crippen molar-refractivity contribution >= 4 is 17.9 Å².